The van der Waals surface area contributed by atoms with E-state index in [9.17, 15) is 9.90 Å². The van der Waals surface area contributed by atoms with E-state index in [4.69, 9.17) is 0 Å². The Morgan fingerprint density at radius 1 is 1.47 bits per heavy atom. The van der Waals surface area contributed by atoms with Crippen molar-refractivity contribution in [2.24, 2.45) is 5.41 Å². The highest BCUT2D eigenvalue weighted by Gasteiger charge is 2.35. The standard InChI is InChI=1S/C13H21NO2S/c1-4-13(5-2,12(15)16)10-14(3)9-11-7-6-8-17-11/h6-8H,4-5,9-10H2,1-3H3,(H,15,16). The molecule has 0 aliphatic heterocycles. The predicted molar refractivity (Wildman–Crippen MR) is 71.3 cm³/mol. The maximum Gasteiger partial charge on any atom is 0.310 e. The molecule has 1 N–H and O–H groups in total. The molecule has 0 aliphatic carbocycles. The van der Waals surface area contributed by atoms with Crippen LogP contribution in [-0.2, 0) is 11.3 Å². The Hall–Kier alpha value is -0.870. The predicted octanol–water partition coefficient (Wildman–Crippen LogP) is 3.07. The van der Waals surface area contributed by atoms with Crippen molar-refractivity contribution in [2.75, 3.05) is 13.6 Å². The molecule has 1 rings (SSSR count). The molecule has 1 aromatic rings. The van der Waals surface area contributed by atoms with Crippen molar-refractivity contribution in [1.82, 2.24) is 4.90 Å². The first-order valence-corrected chi connectivity index (χ1v) is 6.86. The average Bonchev–Trinajstić information content (AvgIpc) is 2.78. The number of aliphatic carboxylic acids is 1. The number of hydrogen-bond acceptors (Lipinski definition) is 3. The molecular weight excluding hydrogens is 234 g/mol. The van der Waals surface area contributed by atoms with Gasteiger partial charge in [0.25, 0.3) is 0 Å². The number of carbonyl (C=O) groups is 1. The van der Waals surface area contributed by atoms with Crippen LogP contribution in [0, 0.1) is 5.41 Å². The summed E-state index contributed by atoms with van der Waals surface area (Å²) in [4.78, 5) is 14.8. The summed E-state index contributed by atoms with van der Waals surface area (Å²) in [5, 5.41) is 11.4. The number of nitrogens with zero attached hydrogens (tertiary/aromatic N) is 1. The highest BCUT2D eigenvalue weighted by molar-refractivity contribution is 7.09. The number of carboxylic acids is 1. The van der Waals surface area contributed by atoms with Crippen molar-refractivity contribution in [3.8, 4) is 0 Å². The van der Waals surface area contributed by atoms with E-state index in [2.05, 4.69) is 11.0 Å². The first-order valence-electron chi connectivity index (χ1n) is 5.98. The van der Waals surface area contributed by atoms with Crippen LogP contribution in [0.5, 0.6) is 0 Å². The normalized spacial score (nSPS) is 12.0. The molecule has 0 aliphatic rings. The molecule has 3 nitrogen and oxygen atoms in total. The van der Waals surface area contributed by atoms with Gasteiger partial charge in [0, 0.05) is 18.0 Å². The quantitative estimate of drug-likeness (QED) is 0.814. The topological polar surface area (TPSA) is 40.5 Å². The molecule has 0 spiro atoms. The molecule has 0 fully saturated rings. The molecule has 0 saturated heterocycles. The van der Waals surface area contributed by atoms with E-state index >= 15 is 0 Å². The van der Waals surface area contributed by atoms with Crippen LogP contribution >= 0.6 is 11.3 Å². The highest BCUT2D eigenvalue weighted by Crippen LogP contribution is 2.28. The molecule has 0 bridgehead atoms. The van der Waals surface area contributed by atoms with Gasteiger partial charge in [0.2, 0.25) is 0 Å². The lowest BCUT2D eigenvalue weighted by atomic mass is 9.82. The van der Waals surface area contributed by atoms with E-state index in [1.54, 1.807) is 11.3 Å². The van der Waals surface area contributed by atoms with Gasteiger partial charge in [-0.15, -0.1) is 11.3 Å². The van der Waals surface area contributed by atoms with Gasteiger partial charge in [-0.2, -0.15) is 0 Å². The summed E-state index contributed by atoms with van der Waals surface area (Å²) in [6.07, 6.45) is 1.35. The van der Waals surface area contributed by atoms with Gasteiger partial charge < -0.3 is 10.0 Å². The van der Waals surface area contributed by atoms with Crippen LogP contribution < -0.4 is 0 Å². The number of carboxylic acid groups (broad SMARTS) is 1. The van der Waals surface area contributed by atoms with Gasteiger partial charge >= 0.3 is 5.97 Å². The third kappa shape index (κ3) is 3.54. The van der Waals surface area contributed by atoms with Crippen LogP contribution in [0.4, 0.5) is 0 Å². The second kappa shape index (κ2) is 6.17. The van der Waals surface area contributed by atoms with E-state index in [0.29, 0.717) is 19.4 Å². The van der Waals surface area contributed by atoms with Crippen molar-refractivity contribution < 1.29 is 9.90 Å². The van der Waals surface area contributed by atoms with Crippen molar-refractivity contribution in [3.05, 3.63) is 22.4 Å². The summed E-state index contributed by atoms with van der Waals surface area (Å²) in [5.74, 6) is -0.680. The maximum absolute atomic E-state index is 11.4. The first kappa shape index (κ1) is 14.2. The lowest BCUT2D eigenvalue weighted by molar-refractivity contribution is -0.150. The minimum Gasteiger partial charge on any atom is -0.481 e. The Morgan fingerprint density at radius 2 is 2.12 bits per heavy atom. The van der Waals surface area contributed by atoms with Crippen LogP contribution in [0.25, 0.3) is 0 Å². The van der Waals surface area contributed by atoms with Crippen molar-refractivity contribution in [3.63, 3.8) is 0 Å². The Balaban J connectivity index is 2.64. The van der Waals surface area contributed by atoms with E-state index in [-0.39, 0.29) is 0 Å². The lowest BCUT2D eigenvalue weighted by Crippen LogP contribution is -2.40. The van der Waals surface area contributed by atoms with Gasteiger partial charge in [0.15, 0.2) is 0 Å². The Morgan fingerprint density at radius 3 is 2.53 bits per heavy atom. The molecule has 0 unspecified atom stereocenters. The molecule has 0 atom stereocenters. The third-order valence-electron chi connectivity index (χ3n) is 3.39. The molecule has 1 aromatic heterocycles. The number of thiophene rings is 1. The van der Waals surface area contributed by atoms with Gasteiger partial charge in [-0.3, -0.25) is 4.79 Å². The summed E-state index contributed by atoms with van der Waals surface area (Å²) in [6.45, 7) is 5.34. The zero-order valence-electron chi connectivity index (χ0n) is 10.8. The van der Waals surface area contributed by atoms with Crippen LogP contribution in [0.15, 0.2) is 17.5 Å². The van der Waals surface area contributed by atoms with Gasteiger partial charge in [-0.25, -0.2) is 0 Å². The Kier molecular flexibility index (Phi) is 5.15. The molecule has 4 heteroatoms. The summed E-state index contributed by atoms with van der Waals surface area (Å²) in [6, 6.07) is 4.11. The number of hydrogen-bond donors (Lipinski definition) is 1. The average molecular weight is 255 g/mol. The second-order valence-corrected chi connectivity index (χ2v) is 5.58. The Labute approximate surface area is 107 Å². The lowest BCUT2D eigenvalue weighted by Gasteiger charge is -2.31. The zero-order chi connectivity index (χ0) is 12.9. The Bertz CT molecular complexity index is 344. The first-order chi connectivity index (χ1) is 8.04. The van der Waals surface area contributed by atoms with Gasteiger partial charge in [0.05, 0.1) is 5.41 Å². The van der Waals surface area contributed by atoms with Crippen LogP contribution in [0.1, 0.15) is 31.6 Å². The maximum atomic E-state index is 11.4. The van der Waals surface area contributed by atoms with Gasteiger partial charge in [-0.1, -0.05) is 19.9 Å². The van der Waals surface area contributed by atoms with Gasteiger partial charge in [0.1, 0.15) is 0 Å². The molecule has 0 aromatic carbocycles. The fourth-order valence-electron chi connectivity index (χ4n) is 2.08. The zero-order valence-corrected chi connectivity index (χ0v) is 11.6. The minimum absolute atomic E-state index is 0.604. The monoisotopic (exact) mass is 255 g/mol. The fourth-order valence-corrected chi connectivity index (χ4v) is 2.87. The fraction of sp³-hybridized carbons (Fsp3) is 0.615. The molecule has 96 valence electrons. The van der Waals surface area contributed by atoms with E-state index < -0.39 is 11.4 Å². The van der Waals surface area contributed by atoms with E-state index in [1.165, 1.54) is 4.88 Å². The van der Waals surface area contributed by atoms with E-state index in [1.807, 2.05) is 32.3 Å². The van der Waals surface area contributed by atoms with Crippen LogP contribution in [0.2, 0.25) is 0 Å². The summed E-state index contributed by atoms with van der Waals surface area (Å²) in [7, 11) is 1.99. The van der Waals surface area contributed by atoms with Crippen molar-refractivity contribution in [1.29, 1.82) is 0 Å². The summed E-state index contributed by atoms with van der Waals surface area (Å²) >= 11 is 1.71. The summed E-state index contributed by atoms with van der Waals surface area (Å²) < 4.78 is 0. The largest absolute Gasteiger partial charge is 0.481 e. The molecule has 1 heterocycles. The molecular formula is C13H21NO2S. The molecule has 0 amide bonds. The third-order valence-corrected chi connectivity index (χ3v) is 4.25. The van der Waals surface area contributed by atoms with E-state index in [0.717, 1.165) is 6.54 Å². The summed E-state index contributed by atoms with van der Waals surface area (Å²) in [5.41, 5.74) is -0.605. The van der Waals surface area contributed by atoms with Gasteiger partial charge in [-0.05, 0) is 31.3 Å². The molecule has 0 saturated carbocycles. The van der Waals surface area contributed by atoms with Crippen LogP contribution in [0.3, 0.4) is 0 Å². The van der Waals surface area contributed by atoms with Crippen molar-refractivity contribution in [2.45, 2.75) is 33.2 Å². The molecule has 0 radical (unpaired) electrons. The van der Waals surface area contributed by atoms with Crippen molar-refractivity contribution >= 4 is 17.3 Å². The number of rotatable bonds is 7. The smallest absolute Gasteiger partial charge is 0.310 e. The highest BCUT2D eigenvalue weighted by atomic mass is 32.1. The molecule has 17 heavy (non-hydrogen) atoms. The van der Waals surface area contributed by atoms with Crippen LogP contribution in [-0.4, -0.2) is 29.6 Å². The minimum atomic E-state index is -0.680. The SMILES string of the molecule is CCC(CC)(CN(C)Cc1cccs1)C(=O)O. The second-order valence-electron chi connectivity index (χ2n) is 4.54.